The van der Waals surface area contributed by atoms with Crippen LogP contribution in [-0.4, -0.2) is 20.3 Å². The molecule has 1 unspecified atom stereocenters. The van der Waals surface area contributed by atoms with E-state index < -0.39 is 8.03 Å². The van der Waals surface area contributed by atoms with Crippen LogP contribution >= 0.6 is 8.03 Å². The summed E-state index contributed by atoms with van der Waals surface area (Å²) >= 11 is 0. The lowest BCUT2D eigenvalue weighted by Gasteiger charge is -1.86. The fourth-order valence-corrected chi connectivity index (χ4v) is 0.703. The van der Waals surface area contributed by atoms with Gasteiger partial charge in [-0.15, -0.1) is 10.2 Å². The zero-order chi connectivity index (χ0) is 6.69. The van der Waals surface area contributed by atoms with E-state index >= 15 is 0 Å². The molecule has 0 fully saturated rings. The third-order valence-corrected chi connectivity index (χ3v) is 1.43. The number of rotatable bonds is 1. The molecule has 0 radical (unpaired) electrons. The van der Waals surface area contributed by atoms with Crippen LogP contribution in [0, 0.1) is 0 Å². The molecule has 1 atom stereocenters. The summed E-state index contributed by atoms with van der Waals surface area (Å²) in [5, 5.41) is 9.80. The molecule has 0 amide bonds. The first-order chi connectivity index (χ1) is 4.30. The Labute approximate surface area is 51.6 Å². The van der Waals surface area contributed by atoms with Crippen LogP contribution in [0.25, 0.3) is 0 Å². The molecule has 0 saturated heterocycles. The molecule has 0 spiro atoms. The van der Waals surface area contributed by atoms with Crippen LogP contribution in [0.5, 0.6) is 0 Å². The quantitative estimate of drug-likeness (QED) is 0.511. The van der Waals surface area contributed by atoms with E-state index in [1.54, 1.807) is 0 Å². The molecule has 48 valence electrons. The lowest BCUT2D eigenvalue weighted by Crippen LogP contribution is -2.04. The summed E-state index contributed by atoms with van der Waals surface area (Å²) < 4.78 is 10.3. The average Bonchev–Trinajstić information content (AvgIpc) is 1.90. The molecule has 6 heteroatoms. The fraction of sp³-hybridized carbons (Fsp3) is 0. The van der Waals surface area contributed by atoms with Crippen molar-refractivity contribution in [2.45, 2.75) is 0 Å². The molecule has 9 heavy (non-hydrogen) atoms. The van der Waals surface area contributed by atoms with Crippen LogP contribution in [0.4, 0.5) is 0 Å². The fourth-order valence-electron chi connectivity index (χ4n) is 0.355. The van der Waals surface area contributed by atoms with Crippen LogP contribution < -0.4 is 5.44 Å². The largest absolute Gasteiger partial charge is 0.342 e. The number of aromatic nitrogens is 3. The summed E-state index contributed by atoms with van der Waals surface area (Å²) in [5.74, 6) is 0. The molecule has 1 aromatic heterocycles. The Bertz CT molecular complexity index is 214. The van der Waals surface area contributed by atoms with Gasteiger partial charge < -0.3 is 4.89 Å². The topological polar surface area (TPSA) is 76.0 Å². The van der Waals surface area contributed by atoms with Gasteiger partial charge in [-0.1, -0.05) is 0 Å². The van der Waals surface area contributed by atoms with Crippen LogP contribution in [0.15, 0.2) is 12.3 Å². The molecule has 1 heterocycles. The predicted octanol–water partition coefficient (Wildman–Crippen LogP) is -1.04. The van der Waals surface area contributed by atoms with E-state index in [1.807, 2.05) is 0 Å². The molecule has 5 nitrogen and oxygen atoms in total. The third kappa shape index (κ3) is 1.55. The van der Waals surface area contributed by atoms with Crippen LogP contribution in [-0.2, 0) is 4.57 Å². The molecule has 0 saturated carbocycles. The van der Waals surface area contributed by atoms with E-state index in [9.17, 15) is 4.57 Å². The molecule has 0 aliphatic heterocycles. The Morgan fingerprint density at radius 1 is 1.67 bits per heavy atom. The van der Waals surface area contributed by atoms with Crippen molar-refractivity contribution in [2.24, 2.45) is 0 Å². The minimum Gasteiger partial charge on any atom is -0.342 e. The van der Waals surface area contributed by atoms with Gasteiger partial charge in [-0.25, -0.2) is 0 Å². The Morgan fingerprint density at radius 2 is 2.44 bits per heavy atom. The van der Waals surface area contributed by atoms with E-state index in [0.717, 1.165) is 0 Å². The van der Waals surface area contributed by atoms with Gasteiger partial charge in [0.1, 0.15) is 5.44 Å². The minimum absolute atomic E-state index is 0.0926. The first-order valence-electron chi connectivity index (χ1n) is 2.18. The third-order valence-electron chi connectivity index (χ3n) is 0.722. The smallest absolute Gasteiger partial charge is 0.238 e. The van der Waals surface area contributed by atoms with Gasteiger partial charge in [0.2, 0.25) is 8.03 Å². The molecule has 0 bridgehead atoms. The highest BCUT2D eigenvalue weighted by atomic mass is 31.1. The summed E-state index contributed by atoms with van der Waals surface area (Å²) in [6.45, 7) is 0. The van der Waals surface area contributed by atoms with Gasteiger partial charge >= 0.3 is 0 Å². The lowest BCUT2D eigenvalue weighted by molar-refractivity contribution is 0.511. The van der Waals surface area contributed by atoms with Crippen molar-refractivity contribution in [3.63, 3.8) is 0 Å². The molecule has 1 aromatic rings. The summed E-state index contributed by atoms with van der Waals surface area (Å²) in [4.78, 5) is 8.44. The normalized spacial score (nSPS) is 13.0. The number of nitrogens with zero attached hydrogens (tertiary/aromatic N) is 3. The lowest BCUT2D eigenvalue weighted by atomic mass is 10.7. The van der Waals surface area contributed by atoms with Gasteiger partial charge in [-0.2, -0.15) is 0 Å². The van der Waals surface area contributed by atoms with Crippen LogP contribution in [0.3, 0.4) is 0 Å². The SMILES string of the molecule is O=[PH](O)c1ccnnn1. The monoisotopic (exact) mass is 145 g/mol. The van der Waals surface area contributed by atoms with Crippen LogP contribution in [0.2, 0.25) is 0 Å². The Kier molecular flexibility index (Phi) is 1.87. The van der Waals surface area contributed by atoms with E-state index in [1.165, 1.54) is 12.3 Å². The van der Waals surface area contributed by atoms with Gasteiger partial charge in [0, 0.05) is 0 Å². The van der Waals surface area contributed by atoms with Crippen molar-refractivity contribution >= 4 is 13.5 Å². The zero-order valence-corrected chi connectivity index (χ0v) is 5.35. The van der Waals surface area contributed by atoms with Gasteiger partial charge in [-0.3, -0.25) is 4.57 Å². The first-order valence-corrected chi connectivity index (χ1v) is 3.54. The summed E-state index contributed by atoms with van der Waals surface area (Å²) in [7, 11) is -2.68. The molecule has 0 aliphatic carbocycles. The molecule has 1 rings (SSSR count). The summed E-state index contributed by atoms with van der Waals surface area (Å²) in [5.41, 5.74) is 0.0926. The van der Waals surface area contributed by atoms with E-state index in [4.69, 9.17) is 4.89 Å². The van der Waals surface area contributed by atoms with E-state index in [-0.39, 0.29) is 5.44 Å². The summed E-state index contributed by atoms with van der Waals surface area (Å²) in [6.07, 6.45) is 1.32. The maximum Gasteiger partial charge on any atom is 0.238 e. The van der Waals surface area contributed by atoms with Crippen molar-refractivity contribution in [1.82, 2.24) is 15.4 Å². The van der Waals surface area contributed by atoms with E-state index in [2.05, 4.69) is 15.4 Å². The molecular weight excluding hydrogens is 141 g/mol. The standard InChI is InChI=1S/C3H4N3O2P/c7-9(8)3-1-2-4-6-5-3/h1-2,9H,(H,7,8). The van der Waals surface area contributed by atoms with Crippen molar-refractivity contribution in [1.29, 1.82) is 0 Å². The minimum atomic E-state index is -2.68. The Hall–Kier alpha value is -0.800. The highest BCUT2D eigenvalue weighted by Gasteiger charge is 1.97. The predicted molar refractivity (Wildman–Crippen MR) is 30.7 cm³/mol. The Balaban J connectivity index is 2.98. The van der Waals surface area contributed by atoms with Gasteiger partial charge in [-0.05, 0) is 11.3 Å². The second-order valence-corrected chi connectivity index (χ2v) is 2.43. The van der Waals surface area contributed by atoms with Gasteiger partial charge in [0.15, 0.2) is 0 Å². The highest BCUT2D eigenvalue weighted by Crippen LogP contribution is 2.07. The molecule has 1 N–H and O–H groups in total. The first kappa shape index (κ1) is 6.32. The molecular formula is C3H4N3O2P. The second-order valence-electron chi connectivity index (χ2n) is 1.31. The summed E-state index contributed by atoms with van der Waals surface area (Å²) in [6, 6.07) is 1.36. The second kappa shape index (κ2) is 2.66. The Morgan fingerprint density at radius 3 is 2.78 bits per heavy atom. The average molecular weight is 145 g/mol. The van der Waals surface area contributed by atoms with Crippen molar-refractivity contribution < 1.29 is 9.46 Å². The van der Waals surface area contributed by atoms with Crippen molar-refractivity contribution in [3.05, 3.63) is 12.3 Å². The zero-order valence-electron chi connectivity index (χ0n) is 4.35. The number of hydrogen-bond acceptors (Lipinski definition) is 4. The van der Waals surface area contributed by atoms with Gasteiger partial charge in [0.05, 0.1) is 6.20 Å². The number of hydrogen-bond donors (Lipinski definition) is 1. The van der Waals surface area contributed by atoms with E-state index in [0.29, 0.717) is 0 Å². The highest BCUT2D eigenvalue weighted by molar-refractivity contribution is 7.46. The molecule has 0 aliphatic rings. The van der Waals surface area contributed by atoms with Gasteiger partial charge in [0.25, 0.3) is 0 Å². The maximum atomic E-state index is 10.3. The molecule has 0 aromatic carbocycles. The van der Waals surface area contributed by atoms with Crippen molar-refractivity contribution in [2.75, 3.05) is 0 Å². The maximum absolute atomic E-state index is 10.3. The van der Waals surface area contributed by atoms with Crippen molar-refractivity contribution in [3.8, 4) is 0 Å². The van der Waals surface area contributed by atoms with Crippen LogP contribution in [0.1, 0.15) is 0 Å².